The number of nitrogens with two attached hydrogens (primary N) is 1. The monoisotopic (exact) mass is 259 g/mol. The quantitative estimate of drug-likeness (QED) is 0.514. The lowest BCUT2D eigenvalue weighted by Gasteiger charge is -2.09. The van der Waals surface area contributed by atoms with Crippen molar-refractivity contribution in [2.45, 2.75) is 13.1 Å². The van der Waals surface area contributed by atoms with Crippen molar-refractivity contribution in [2.24, 2.45) is 16.1 Å². The third kappa shape index (κ3) is 3.22. The molecule has 0 radical (unpaired) electrons. The Labute approximate surface area is 102 Å². The van der Waals surface area contributed by atoms with Crippen LogP contribution in [0.1, 0.15) is 18.1 Å². The van der Waals surface area contributed by atoms with E-state index in [4.69, 9.17) is 5.84 Å². The summed E-state index contributed by atoms with van der Waals surface area (Å²) in [4.78, 5) is 4.58. The predicted molar refractivity (Wildman–Crippen MR) is 62.3 cm³/mol. The first-order valence-electron chi connectivity index (χ1n) is 4.93. The molecule has 1 aromatic rings. The predicted octanol–water partition coefficient (Wildman–Crippen LogP) is 2.39. The fourth-order valence-corrected chi connectivity index (χ4v) is 1.32. The molecular formula is C11H12F3N3O. The molecule has 18 heavy (non-hydrogen) atoms. The molecule has 98 valence electrons. The Bertz CT molecular complexity index is 481. The summed E-state index contributed by atoms with van der Waals surface area (Å²) < 4.78 is 37.7. The molecule has 0 fully saturated rings. The molecule has 1 aromatic carbocycles. The average molecular weight is 259 g/mol. The van der Waals surface area contributed by atoms with E-state index < -0.39 is 11.7 Å². The molecule has 1 rings (SSSR count). The molecule has 0 aromatic heterocycles. The van der Waals surface area contributed by atoms with Gasteiger partial charge in [0.25, 0.3) is 0 Å². The second kappa shape index (κ2) is 5.52. The SMILES string of the molecule is CON=C(C(C)=NN)c1cccc(C(F)(F)F)c1. The molecule has 0 unspecified atom stereocenters. The van der Waals surface area contributed by atoms with E-state index >= 15 is 0 Å². The smallest absolute Gasteiger partial charge is 0.399 e. The lowest BCUT2D eigenvalue weighted by atomic mass is 10.0. The van der Waals surface area contributed by atoms with Crippen molar-refractivity contribution in [1.29, 1.82) is 0 Å². The van der Waals surface area contributed by atoms with Crippen LogP contribution in [-0.2, 0) is 11.0 Å². The zero-order chi connectivity index (χ0) is 13.8. The Morgan fingerprint density at radius 2 is 2.00 bits per heavy atom. The van der Waals surface area contributed by atoms with E-state index in [0.29, 0.717) is 0 Å². The molecule has 0 saturated heterocycles. The molecule has 0 spiro atoms. The van der Waals surface area contributed by atoms with E-state index in [1.807, 2.05) is 0 Å². The van der Waals surface area contributed by atoms with E-state index in [-0.39, 0.29) is 17.0 Å². The minimum atomic E-state index is -4.41. The largest absolute Gasteiger partial charge is 0.416 e. The molecule has 2 N–H and O–H groups in total. The van der Waals surface area contributed by atoms with Gasteiger partial charge in [0.05, 0.1) is 11.3 Å². The Morgan fingerprint density at radius 3 is 2.50 bits per heavy atom. The van der Waals surface area contributed by atoms with Crippen molar-refractivity contribution in [3.8, 4) is 0 Å². The summed E-state index contributed by atoms with van der Waals surface area (Å²) in [5.74, 6) is 5.09. The Kier molecular flexibility index (Phi) is 4.30. The first-order valence-corrected chi connectivity index (χ1v) is 4.93. The molecule has 0 atom stereocenters. The maximum Gasteiger partial charge on any atom is 0.416 e. The number of oxime groups is 1. The highest BCUT2D eigenvalue weighted by Crippen LogP contribution is 2.29. The number of halogens is 3. The number of hydrazone groups is 1. The molecule has 0 saturated carbocycles. The fourth-order valence-electron chi connectivity index (χ4n) is 1.32. The summed E-state index contributed by atoms with van der Waals surface area (Å²) in [6.07, 6.45) is -4.41. The summed E-state index contributed by atoms with van der Waals surface area (Å²) in [5, 5.41) is 7.03. The molecule has 0 aliphatic carbocycles. The van der Waals surface area contributed by atoms with E-state index in [2.05, 4.69) is 15.1 Å². The minimum absolute atomic E-state index is 0.158. The van der Waals surface area contributed by atoms with Gasteiger partial charge >= 0.3 is 6.18 Å². The average Bonchev–Trinajstić information content (AvgIpc) is 2.34. The van der Waals surface area contributed by atoms with Crippen molar-refractivity contribution < 1.29 is 18.0 Å². The van der Waals surface area contributed by atoms with E-state index in [1.165, 1.54) is 26.2 Å². The number of hydrogen-bond donors (Lipinski definition) is 1. The van der Waals surface area contributed by atoms with Crippen molar-refractivity contribution in [3.63, 3.8) is 0 Å². The van der Waals surface area contributed by atoms with Crippen LogP contribution in [0.25, 0.3) is 0 Å². The highest BCUT2D eigenvalue weighted by Gasteiger charge is 2.30. The van der Waals surface area contributed by atoms with Gasteiger partial charge in [0.15, 0.2) is 0 Å². The van der Waals surface area contributed by atoms with Crippen molar-refractivity contribution >= 4 is 11.4 Å². The van der Waals surface area contributed by atoms with Crippen molar-refractivity contribution in [1.82, 2.24) is 0 Å². The minimum Gasteiger partial charge on any atom is -0.399 e. The zero-order valence-electron chi connectivity index (χ0n) is 9.82. The van der Waals surface area contributed by atoms with Crippen LogP contribution in [0, 0.1) is 0 Å². The highest BCUT2D eigenvalue weighted by atomic mass is 19.4. The van der Waals surface area contributed by atoms with Gasteiger partial charge in [-0.3, -0.25) is 0 Å². The van der Waals surface area contributed by atoms with E-state index in [9.17, 15) is 13.2 Å². The van der Waals surface area contributed by atoms with Gasteiger partial charge in [0.2, 0.25) is 0 Å². The number of benzene rings is 1. The molecule has 4 nitrogen and oxygen atoms in total. The molecule has 7 heteroatoms. The number of rotatable bonds is 3. The van der Waals surface area contributed by atoms with Gasteiger partial charge < -0.3 is 10.7 Å². The molecule has 0 aliphatic rings. The first-order chi connectivity index (χ1) is 8.40. The van der Waals surface area contributed by atoms with Gasteiger partial charge in [-0.1, -0.05) is 17.3 Å². The summed E-state index contributed by atoms with van der Waals surface area (Å²) in [6, 6.07) is 4.70. The summed E-state index contributed by atoms with van der Waals surface area (Å²) in [5.41, 5.74) is -0.103. The first kappa shape index (κ1) is 14.0. The van der Waals surface area contributed by atoms with Crippen LogP contribution in [0.15, 0.2) is 34.5 Å². The van der Waals surface area contributed by atoms with Crippen LogP contribution in [0.4, 0.5) is 13.2 Å². The maximum atomic E-state index is 12.6. The van der Waals surface area contributed by atoms with Crippen LogP contribution < -0.4 is 5.84 Å². The molecule has 0 amide bonds. The van der Waals surface area contributed by atoms with Gasteiger partial charge in [-0.05, 0) is 19.1 Å². The lowest BCUT2D eigenvalue weighted by molar-refractivity contribution is -0.137. The van der Waals surface area contributed by atoms with Gasteiger partial charge in [-0.2, -0.15) is 18.3 Å². The van der Waals surface area contributed by atoms with Crippen LogP contribution >= 0.6 is 0 Å². The molecular weight excluding hydrogens is 247 g/mol. The highest BCUT2D eigenvalue weighted by molar-refractivity contribution is 6.47. The summed E-state index contributed by atoms with van der Waals surface area (Å²) in [7, 11) is 1.29. The number of nitrogens with zero attached hydrogens (tertiary/aromatic N) is 2. The number of alkyl halides is 3. The van der Waals surface area contributed by atoms with Gasteiger partial charge in [-0.15, -0.1) is 0 Å². The van der Waals surface area contributed by atoms with Crippen LogP contribution in [-0.4, -0.2) is 18.5 Å². The standard InChI is InChI=1S/C11H12F3N3O/c1-7(16-15)10(17-18-2)8-4-3-5-9(6-8)11(12,13)14/h3-6H,15H2,1-2H3. The molecule has 0 bridgehead atoms. The van der Waals surface area contributed by atoms with Crippen LogP contribution in [0.3, 0.4) is 0 Å². The van der Waals surface area contributed by atoms with Gasteiger partial charge in [0, 0.05) is 5.56 Å². The zero-order valence-corrected chi connectivity index (χ0v) is 9.82. The Hall–Kier alpha value is -2.05. The van der Waals surface area contributed by atoms with E-state index in [0.717, 1.165) is 12.1 Å². The Morgan fingerprint density at radius 1 is 1.33 bits per heavy atom. The van der Waals surface area contributed by atoms with Crippen molar-refractivity contribution in [2.75, 3.05) is 7.11 Å². The molecule has 0 aliphatic heterocycles. The third-order valence-corrected chi connectivity index (χ3v) is 2.18. The topological polar surface area (TPSA) is 60.0 Å². The second-order valence-electron chi connectivity index (χ2n) is 3.42. The summed E-state index contributed by atoms with van der Waals surface area (Å²) >= 11 is 0. The third-order valence-electron chi connectivity index (χ3n) is 2.18. The van der Waals surface area contributed by atoms with Gasteiger partial charge in [-0.25, -0.2) is 0 Å². The second-order valence-corrected chi connectivity index (χ2v) is 3.42. The summed E-state index contributed by atoms with van der Waals surface area (Å²) in [6.45, 7) is 1.53. The van der Waals surface area contributed by atoms with Crippen LogP contribution in [0.2, 0.25) is 0 Å². The lowest BCUT2D eigenvalue weighted by Crippen LogP contribution is -2.16. The maximum absolute atomic E-state index is 12.6. The van der Waals surface area contributed by atoms with E-state index in [1.54, 1.807) is 0 Å². The number of hydrogen-bond acceptors (Lipinski definition) is 4. The van der Waals surface area contributed by atoms with Gasteiger partial charge in [0.1, 0.15) is 12.8 Å². The molecule has 0 heterocycles. The fraction of sp³-hybridized carbons (Fsp3) is 0.273. The van der Waals surface area contributed by atoms with Crippen molar-refractivity contribution in [3.05, 3.63) is 35.4 Å². The Balaban J connectivity index is 3.27. The van der Waals surface area contributed by atoms with Crippen LogP contribution in [0.5, 0.6) is 0 Å². The normalized spacial score (nSPS) is 13.6.